The third-order valence-electron chi connectivity index (χ3n) is 3.98. The fraction of sp³-hybridized carbons (Fsp3) is 0.294. The number of aliphatic hydroxyl groups excluding tert-OH is 1. The highest BCUT2D eigenvalue weighted by Gasteiger charge is 2.30. The second-order valence-corrected chi connectivity index (χ2v) is 5.76. The van der Waals surface area contributed by atoms with E-state index >= 15 is 0 Å². The van der Waals surface area contributed by atoms with Gasteiger partial charge in [-0.15, -0.1) is 0 Å². The number of aliphatic hydroxyl groups is 1. The fourth-order valence-corrected chi connectivity index (χ4v) is 3.08. The number of ether oxygens (including phenoxy) is 1. The standard InChI is InChI=1S/C17H16ClFO2/c1-10-8-13(14(18)9-15(10)19)17(20)12-6-7-21-16-5-3-2-4-11(12)16/h2-5,8-9,12,17,20H,6-7H2,1H3. The van der Waals surface area contributed by atoms with Crippen LogP contribution in [0.15, 0.2) is 36.4 Å². The molecule has 3 rings (SSSR count). The van der Waals surface area contributed by atoms with Crippen molar-refractivity contribution in [1.29, 1.82) is 0 Å². The first-order valence-electron chi connectivity index (χ1n) is 6.93. The lowest BCUT2D eigenvalue weighted by molar-refractivity contribution is 0.117. The number of fused-ring (bicyclic) bond motifs is 1. The molecular formula is C17H16ClFO2. The van der Waals surface area contributed by atoms with Gasteiger partial charge in [0.05, 0.1) is 12.7 Å². The van der Waals surface area contributed by atoms with Crippen molar-refractivity contribution in [2.24, 2.45) is 0 Å². The summed E-state index contributed by atoms with van der Waals surface area (Å²) < 4.78 is 19.1. The van der Waals surface area contributed by atoms with Gasteiger partial charge in [-0.05, 0) is 37.1 Å². The van der Waals surface area contributed by atoms with Gasteiger partial charge in [-0.3, -0.25) is 0 Å². The molecule has 0 saturated heterocycles. The molecular weight excluding hydrogens is 291 g/mol. The van der Waals surface area contributed by atoms with Crippen LogP contribution in [-0.2, 0) is 0 Å². The zero-order valence-electron chi connectivity index (χ0n) is 11.6. The zero-order chi connectivity index (χ0) is 15.0. The highest BCUT2D eigenvalue weighted by atomic mass is 35.5. The number of halogens is 2. The molecule has 0 aromatic heterocycles. The Hall–Kier alpha value is -1.58. The summed E-state index contributed by atoms with van der Waals surface area (Å²) in [5.74, 6) is 0.336. The summed E-state index contributed by atoms with van der Waals surface area (Å²) in [5, 5.41) is 11.0. The summed E-state index contributed by atoms with van der Waals surface area (Å²) >= 11 is 6.11. The average molecular weight is 307 g/mol. The maximum Gasteiger partial charge on any atom is 0.127 e. The first-order chi connectivity index (χ1) is 10.1. The molecule has 1 N–H and O–H groups in total. The van der Waals surface area contributed by atoms with E-state index in [-0.39, 0.29) is 16.8 Å². The predicted molar refractivity (Wildman–Crippen MR) is 80.4 cm³/mol. The Morgan fingerprint density at radius 3 is 2.90 bits per heavy atom. The number of para-hydroxylation sites is 1. The Bertz CT molecular complexity index is 672. The van der Waals surface area contributed by atoms with E-state index in [1.165, 1.54) is 6.07 Å². The van der Waals surface area contributed by atoms with Crippen LogP contribution in [0.25, 0.3) is 0 Å². The Morgan fingerprint density at radius 2 is 2.10 bits per heavy atom. The van der Waals surface area contributed by atoms with Crippen molar-refractivity contribution in [3.05, 3.63) is 63.9 Å². The van der Waals surface area contributed by atoms with Gasteiger partial charge in [0.2, 0.25) is 0 Å². The number of benzene rings is 2. The van der Waals surface area contributed by atoms with Gasteiger partial charge in [-0.1, -0.05) is 29.8 Å². The summed E-state index contributed by atoms with van der Waals surface area (Å²) in [4.78, 5) is 0. The lowest BCUT2D eigenvalue weighted by Crippen LogP contribution is -2.20. The third-order valence-corrected chi connectivity index (χ3v) is 4.31. The smallest absolute Gasteiger partial charge is 0.127 e. The number of hydrogen-bond acceptors (Lipinski definition) is 2. The Balaban J connectivity index is 2.00. The highest BCUT2D eigenvalue weighted by molar-refractivity contribution is 6.31. The van der Waals surface area contributed by atoms with Crippen LogP contribution >= 0.6 is 11.6 Å². The van der Waals surface area contributed by atoms with Crippen molar-refractivity contribution in [3.63, 3.8) is 0 Å². The van der Waals surface area contributed by atoms with Crippen LogP contribution in [0.4, 0.5) is 4.39 Å². The van der Waals surface area contributed by atoms with Crippen LogP contribution < -0.4 is 4.74 Å². The van der Waals surface area contributed by atoms with E-state index in [1.807, 2.05) is 24.3 Å². The minimum atomic E-state index is -0.776. The zero-order valence-corrected chi connectivity index (χ0v) is 12.4. The molecule has 4 heteroatoms. The molecule has 1 heterocycles. The Kier molecular flexibility index (Phi) is 3.87. The summed E-state index contributed by atoms with van der Waals surface area (Å²) in [6, 6.07) is 10.6. The van der Waals surface area contributed by atoms with Gasteiger partial charge in [-0.2, -0.15) is 0 Å². The van der Waals surface area contributed by atoms with Gasteiger partial charge >= 0.3 is 0 Å². The second-order valence-electron chi connectivity index (χ2n) is 5.35. The van der Waals surface area contributed by atoms with Crippen LogP contribution in [0.5, 0.6) is 5.75 Å². The summed E-state index contributed by atoms with van der Waals surface area (Å²) in [5.41, 5.74) is 2.01. The minimum Gasteiger partial charge on any atom is -0.493 e. The van der Waals surface area contributed by atoms with Gasteiger partial charge in [0.1, 0.15) is 11.6 Å². The maximum atomic E-state index is 13.5. The number of hydrogen-bond donors (Lipinski definition) is 1. The van der Waals surface area contributed by atoms with E-state index in [9.17, 15) is 9.50 Å². The number of aryl methyl sites for hydroxylation is 1. The van der Waals surface area contributed by atoms with Crippen molar-refractivity contribution >= 4 is 11.6 Å². The third kappa shape index (κ3) is 2.63. The summed E-state index contributed by atoms with van der Waals surface area (Å²) in [7, 11) is 0. The maximum absolute atomic E-state index is 13.5. The van der Waals surface area contributed by atoms with Crippen molar-refractivity contribution in [2.45, 2.75) is 25.4 Å². The molecule has 0 radical (unpaired) electrons. The molecule has 0 amide bonds. The predicted octanol–water partition coefficient (Wildman–Crippen LogP) is 4.39. The topological polar surface area (TPSA) is 29.5 Å². The highest BCUT2D eigenvalue weighted by Crippen LogP contribution is 2.43. The quantitative estimate of drug-likeness (QED) is 0.892. The van der Waals surface area contributed by atoms with Gasteiger partial charge in [-0.25, -0.2) is 4.39 Å². The largest absolute Gasteiger partial charge is 0.493 e. The molecule has 110 valence electrons. The van der Waals surface area contributed by atoms with E-state index in [2.05, 4.69) is 0 Å². The van der Waals surface area contributed by atoms with Gasteiger partial charge in [0, 0.05) is 22.1 Å². The van der Waals surface area contributed by atoms with Crippen LogP contribution in [0, 0.1) is 12.7 Å². The molecule has 21 heavy (non-hydrogen) atoms. The molecule has 0 bridgehead atoms. The average Bonchev–Trinajstić information content (AvgIpc) is 2.49. The Labute approximate surface area is 128 Å². The monoisotopic (exact) mass is 306 g/mol. The van der Waals surface area contributed by atoms with Crippen LogP contribution in [-0.4, -0.2) is 11.7 Å². The first-order valence-corrected chi connectivity index (χ1v) is 7.31. The van der Waals surface area contributed by atoms with Gasteiger partial charge in [0.15, 0.2) is 0 Å². The molecule has 0 fully saturated rings. The van der Waals surface area contributed by atoms with E-state index in [4.69, 9.17) is 16.3 Å². The second kappa shape index (κ2) is 5.66. The minimum absolute atomic E-state index is 0.0997. The fourth-order valence-electron chi connectivity index (χ4n) is 2.82. The normalized spacial score (nSPS) is 18.8. The summed E-state index contributed by atoms with van der Waals surface area (Å²) in [6.45, 7) is 2.22. The molecule has 1 aliphatic heterocycles. The molecule has 0 spiro atoms. The molecule has 2 aromatic rings. The lowest BCUT2D eigenvalue weighted by Gasteiger charge is -2.30. The summed E-state index contributed by atoms with van der Waals surface area (Å²) in [6.07, 6.45) is -0.0767. The van der Waals surface area contributed by atoms with Crippen LogP contribution in [0.3, 0.4) is 0 Å². The van der Waals surface area contributed by atoms with Crippen molar-refractivity contribution < 1.29 is 14.2 Å². The SMILES string of the molecule is Cc1cc(C(O)C2CCOc3ccccc32)c(Cl)cc1F. The molecule has 2 unspecified atom stereocenters. The van der Waals surface area contributed by atoms with Crippen molar-refractivity contribution in [2.75, 3.05) is 6.61 Å². The van der Waals surface area contributed by atoms with E-state index < -0.39 is 6.10 Å². The van der Waals surface area contributed by atoms with E-state index in [0.29, 0.717) is 24.2 Å². The van der Waals surface area contributed by atoms with Crippen LogP contribution in [0.1, 0.15) is 35.1 Å². The first kappa shape index (κ1) is 14.4. The number of rotatable bonds is 2. The van der Waals surface area contributed by atoms with Crippen LogP contribution in [0.2, 0.25) is 5.02 Å². The molecule has 0 aliphatic carbocycles. The molecule has 2 atom stereocenters. The molecule has 2 aromatic carbocycles. The lowest BCUT2D eigenvalue weighted by atomic mass is 9.84. The van der Waals surface area contributed by atoms with Crippen molar-refractivity contribution in [1.82, 2.24) is 0 Å². The molecule has 2 nitrogen and oxygen atoms in total. The molecule has 0 saturated carbocycles. The van der Waals surface area contributed by atoms with E-state index in [1.54, 1.807) is 13.0 Å². The van der Waals surface area contributed by atoms with Gasteiger partial charge in [0.25, 0.3) is 0 Å². The Morgan fingerprint density at radius 1 is 1.33 bits per heavy atom. The van der Waals surface area contributed by atoms with Gasteiger partial charge < -0.3 is 9.84 Å². The van der Waals surface area contributed by atoms with Crippen molar-refractivity contribution in [3.8, 4) is 5.75 Å². The molecule has 1 aliphatic rings. The van der Waals surface area contributed by atoms with E-state index in [0.717, 1.165) is 11.3 Å².